The minimum Gasteiger partial charge on any atom is -0.476 e. The number of aromatic carboxylic acids is 1. The zero-order chi connectivity index (χ0) is 27.2. The number of rotatable bonds is 7. The fraction of sp³-hybridized carbons (Fsp3) is 0.370. The molecule has 0 spiro atoms. The van der Waals surface area contributed by atoms with Crippen LogP contribution in [0, 0.1) is 0 Å². The van der Waals surface area contributed by atoms with Crippen LogP contribution < -0.4 is 9.64 Å². The Kier molecular flexibility index (Phi) is 6.29. The number of carboxylic acid groups (broad SMARTS) is 1. The fourth-order valence-electron chi connectivity index (χ4n) is 4.44. The summed E-state index contributed by atoms with van der Waals surface area (Å²) in [4.78, 5) is 31.1. The van der Waals surface area contributed by atoms with Gasteiger partial charge in [0.05, 0.1) is 29.3 Å². The molecule has 198 valence electrons. The van der Waals surface area contributed by atoms with Gasteiger partial charge in [-0.2, -0.15) is 10.2 Å². The number of carbonyl (C=O) groups is 2. The Morgan fingerprint density at radius 3 is 2.55 bits per heavy atom. The van der Waals surface area contributed by atoms with Gasteiger partial charge in [-0.15, -0.1) is 0 Å². The van der Waals surface area contributed by atoms with Crippen LogP contribution in [-0.4, -0.2) is 66.2 Å². The summed E-state index contributed by atoms with van der Waals surface area (Å²) < 4.78 is 15.0. The molecule has 11 nitrogen and oxygen atoms in total. The first kappa shape index (κ1) is 25.2. The lowest BCUT2D eigenvalue weighted by atomic mass is 9.87. The lowest BCUT2D eigenvalue weighted by Gasteiger charge is -2.42. The third-order valence-corrected chi connectivity index (χ3v) is 6.44. The van der Waals surface area contributed by atoms with Gasteiger partial charge in [-0.1, -0.05) is 12.1 Å². The van der Waals surface area contributed by atoms with Crippen LogP contribution in [0.4, 0.5) is 5.69 Å². The highest BCUT2D eigenvalue weighted by Crippen LogP contribution is 2.35. The van der Waals surface area contributed by atoms with Crippen molar-refractivity contribution in [3.8, 4) is 17.1 Å². The molecule has 3 heterocycles. The molecule has 5 rings (SSSR count). The van der Waals surface area contributed by atoms with E-state index < -0.39 is 11.6 Å². The molecule has 38 heavy (non-hydrogen) atoms. The second-order valence-electron chi connectivity index (χ2n) is 10.5. The van der Waals surface area contributed by atoms with Crippen molar-refractivity contribution < 1.29 is 24.2 Å². The van der Waals surface area contributed by atoms with Crippen LogP contribution in [0.3, 0.4) is 0 Å². The summed E-state index contributed by atoms with van der Waals surface area (Å²) in [6.07, 6.45) is 6.41. The van der Waals surface area contributed by atoms with Gasteiger partial charge in [-0.05, 0) is 32.9 Å². The summed E-state index contributed by atoms with van der Waals surface area (Å²) in [6, 6.07) is 9.01. The molecule has 1 aliphatic rings. The van der Waals surface area contributed by atoms with Crippen molar-refractivity contribution in [2.24, 2.45) is 7.05 Å². The van der Waals surface area contributed by atoms with Gasteiger partial charge in [-0.25, -0.2) is 19.1 Å². The number of esters is 1. The van der Waals surface area contributed by atoms with E-state index in [1.165, 1.54) is 10.6 Å². The number of anilines is 1. The largest absolute Gasteiger partial charge is 0.476 e. The maximum Gasteiger partial charge on any atom is 0.356 e. The topological polar surface area (TPSA) is 124 Å². The van der Waals surface area contributed by atoms with E-state index in [9.17, 15) is 14.7 Å². The van der Waals surface area contributed by atoms with Crippen molar-refractivity contribution in [3.63, 3.8) is 0 Å². The molecule has 1 aliphatic carbocycles. The van der Waals surface area contributed by atoms with Gasteiger partial charge in [0.1, 0.15) is 17.2 Å². The van der Waals surface area contributed by atoms with Crippen molar-refractivity contribution >= 4 is 23.1 Å². The number of benzene rings is 1. The first-order valence-electron chi connectivity index (χ1n) is 12.3. The van der Waals surface area contributed by atoms with Crippen molar-refractivity contribution in [2.45, 2.75) is 51.4 Å². The van der Waals surface area contributed by atoms with Gasteiger partial charge < -0.3 is 19.5 Å². The molecule has 0 aliphatic heterocycles. The molecule has 1 aromatic carbocycles. The van der Waals surface area contributed by atoms with E-state index in [2.05, 4.69) is 20.1 Å². The van der Waals surface area contributed by atoms with Crippen LogP contribution in [-0.2, 0) is 11.8 Å². The zero-order valence-electron chi connectivity index (χ0n) is 22.0. The summed E-state index contributed by atoms with van der Waals surface area (Å²) in [5.74, 6) is -1.18. The number of aryl methyl sites for hydroxylation is 1. The number of fused-ring (bicyclic) bond motifs is 1. The first-order chi connectivity index (χ1) is 18.0. The normalized spacial score (nSPS) is 17.2. The van der Waals surface area contributed by atoms with E-state index >= 15 is 0 Å². The summed E-state index contributed by atoms with van der Waals surface area (Å²) in [5.41, 5.74) is 2.44. The van der Waals surface area contributed by atoms with Crippen LogP contribution in [0.5, 0.6) is 5.88 Å². The van der Waals surface area contributed by atoms with E-state index in [0.29, 0.717) is 35.5 Å². The van der Waals surface area contributed by atoms with Crippen LogP contribution >= 0.6 is 0 Å². The van der Waals surface area contributed by atoms with Gasteiger partial charge >= 0.3 is 11.9 Å². The number of hydrogen-bond donors (Lipinski definition) is 1. The maximum atomic E-state index is 12.8. The molecule has 4 aromatic rings. The standard InChI is InChI=1S/C27H30N6O5/c1-27(2,3)38-26(36)19-8-6-7-9-22(19)32(5)17-10-18(11-17)37-24-23-12-20(25(34)35)30-33(23)15-21(29-24)16-13-28-31(4)14-16/h6-9,12-15,17-18H,10-11H2,1-5H3,(H,34,35)/t17-,18+. The monoisotopic (exact) mass is 518 g/mol. The summed E-state index contributed by atoms with van der Waals surface area (Å²) in [6.45, 7) is 5.54. The van der Waals surface area contributed by atoms with Crippen molar-refractivity contribution in [3.05, 3.63) is 60.2 Å². The smallest absolute Gasteiger partial charge is 0.356 e. The minimum atomic E-state index is -1.13. The number of nitrogens with zero attached hydrogens (tertiary/aromatic N) is 6. The predicted molar refractivity (Wildman–Crippen MR) is 140 cm³/mol. The van der Waals surface area contributed by atoms with E-state index in [1.54, 1.807) is 23.1 Å². The Bertz CT molecular complexity index is 1510. The van der Waals surface area contributed by atoms with Crippen LogP contribution in [0.25, 0.3) is 16.8 Å². The van der Waals surface area contributed by atoms with Gasteiger partial charge in [-0.3, -0.25) is 4.68 Å². The molecule has 0 saturated heterocycles. The highest BCUT2D eigenvalue weighted by Gasteiger charge is 2.36. The third kappa shape index (κ3) is 5.04. The van der Waals surface area contributed by atoms with Crippen molar-refractivity contribution in [1.29, 1.82) is 0 Å². The van der Waals surface area contributed by atoms with E-state index in [-0.39, 0.29) is 23.8 Å². The Balaban J connectivity index is 1.35. The summed E-state index contributed by atoms with van der Waals surface area (Å²) in [7, 11) is 3.77. The number of carboxylic acids is 1. The quantitative estimate of drug-likeness (QED) is 0.364. The molecule has 1 fully saturated rings. The Morgan fingerprint density at radius 1 is 1.16 bits per heavy atom. The van der Waals surface area contributed by atoms with Crippen LogP contribution in [0.2, 0.25) is 0 Å². The summed E-state index contributed by atoms with van der Waals surface area (Å²) in [5, 5.41) is 17.8. The highest BCUT2D eigenvalue weighted by atomic mass is 16.6. The first-order valence-corrected chi connectivity index (χ1v) is 12.3. The van der Waals surface area contributed by atoms with Crippen molar-refractivity contribution in [1.82, 2.24) is 24.4 Å². The highest BCUT2D eigenvalue weighted by molar-refractivity contribution is 5.96. The molecule has 0 bridgehead atoms. The molecule has 11 heteroatoms. The third-order valence-electron chi connectivity index (χ3n) is 6.44. The van der Waals surface area contributed by atoms with Crippen LogP contribution in [0.1, 0.15) is 54.5 Å². The van der Waals surface area contributed by atoms with Crippen molar-refractivity contribution in [2.75, 3.05) is 11.9 Å². The molecule has 0 atom stereocenters. The molecule has 1 saturated carbocycles. The SMILES string of the molecule is Cn1cc(-c2cn3nc(C(=O)O)cc3c(O[C@H]3C[C@@H](N(C)c4ccccc4C(=O)OC(C)(C)C)C3)n2)cn1. The number of hydrogen-bond acceptors (Lipinski definition) is 8. The lowest BCUT2D eigenvalue weighted by molar-refractivity contribution is 0.00698. The van der Waals surface area contributed by atoms with Gasteiger partial charge in [0, 0.05) is 50.8 Å². The second kappa shape index (κ2) is 9.47. The van der Waals surface area contributed by atoms with Gasteiger partial charge in [0.15, 0.2) is 5.69 Å². The minimum absolute atomic E-state index is 0.0926. The van der Waals surface area contributed by atoms with E-state index in [1.807, 2.05) is 59.3 Å². The summed E-state index contributed by atoms with van der Waals surface area (Å²) >= 11 is 0. The maximum absolute atomic E-state index is 12.8. The lowest BCUT2D eigenvalue weighted by Crippen LogP contribution is -2.48. The molecule has 1 N–H and O–H groups in total. The van der Waals surface area contributed by atoms with E-state index in [4.69, 9.17) is 9.47 Å². The Morgan fingerprint density at radius 2 is 1.89 bits per heavy atom. The zero-order valence-corrected chi connectivity index (χ0v) is 22.0. The Labute approximate surface area is 219 Å². The molecular formula is C27H30N6O5. The van der Waals surface area contributed by atoms with Gasteiger partial charge in [0.25, 0.3) is 0 Å². The number of para-hydroxylation sites is 1. The second-order valence-corrected chi connectivity index (χ2v) is 10.5. The average molecular weight is 519 g/mol. The van der Waals surface area contributed by atoms with E-state index in [0.717, 1.165) is 11.3 Å². The molecule has 0 radical (unpaired) electrons. The predicted octanol–water partition coefficient (Wildman–Crippen LogP) is 3.83. The molecule has 3 aromatic heterocycles. The Hall–Kier alpha value is -4.41. The number of carbonyl (C=O) groups excluding carboxylic acids is 1. The molecule has 0 amide bonds. The number of ether oxygens (including phenoxy) is 2. The molecular weight excluding hydrogens is 488 g/mol. The van der Waals surface area contributed by atoms with Gasteiger partial charge in [0.2, 0.25) is 5.88 Å². The number of aromatic nitrogens is 5. The average Bonchev–Trinajstić information content (AvgIpc) is 3.46. The molecule has 0 unspecified atom stereocenters. The van der Waals surface area contributed by atoms with Crippen LogP contribution in [0.15, 0.2) is 48.9 Å². The fourth-order valence-corrected chi connectivity index (χ4v) is 4.44.